The van der Waals surface area contributed by atoms with Crippen LogP contribution < -0.4 is 14.4 Å². The highest BCUT2D eigenvalue weighted by molar-refractivity contribution is 8.19. The molecule has 1 aliphatic rings. The fourth-order valence-electron chi connectivity index (χ4n) is 2.39. The summed E-state index contributed by atoms with van der Waals surface area (Å²) in [6.45, 7) is 0. The van der Waals surface area contributed by atoms with Crippen LogP contribution in [0, 0.1) is 5.41 Å². The van der Waals surface area contributed by atoms with Gasteiger partial charge in [0.15, 0.2) is 16.7 Å². The van der Waals surface area contributed by atoms with Crippen LogP contribution in [0.4, 0.5) is 5.69 Å². The Balaban J connectivity index is 1.92. The molecule has 1 amide bonds. The van der Waals surface area contributed by atoms with Gasteiger partial charge in [0.1, 0.15) is 0 Å². The van der Waals surface area contributed by atoms with Crippen LogP contribution in [0.2, 0.25) is 0 Å². The number of anilines is 1. The van der Waals surface area contributed by atoms with E-state index in [0.29, 0.717) is 22.1 Å². The SMILES string of the molecule is COc1ccc(/C=C2\SC(=N)N(c3ccccc3)C2=O)cc1OC. The topological polar surface area (TPSA) is 62.6 Å². The molecule has 1 heterocycles. The van der Waals surface area contributed by atoms with Gasteiger partial charge in [-0.25, -0.2) is 0 Å². The number of nitrogens with zero attached hydrogens (tertiary/aromatic N) is 1. The molecule has 2 aromatic rings. The number of thioether (sulfide) groups is 1. The molecule has 1 fully saturated rings. The first kappa shape index (κ1) is 16.1. The molecule has 1 saturated heterocycles. The van der Waals surface area contributed by atoms with Crippen LogP contribution in [-0.2, 0) is 4.79 Å². The van der Waals surface area contributed by atoms with E-state index in [1.54, 1.807) is 32.4 Å². The molecule has 0 saturated carbocycles. The zero-order chi connectivity index (χ0) is 17.1. The Morgan fingerprint density at radius 2 is 1.75 bits per heavy atom. The molecular formula is C18H16N2O3S. The maximum atomic E-state index is 12.6. The molecule has 0 spiro atoms. The van der Waals surface area contributed by atoms with E-state index in [-0.39, 0.29) is 11.1 Å². The monoisotopic (exact) mass is 340 g/mol. The molecule has 3 rings (SSSR count). The summed E-state index contributed by atoms with van der Waals surface area (Å²) in [4.78, 5) is 14.5. The molecule has 0 bridgehead atoms. The lowest BCUT2D eigenvalue weighted by Crippen LogP contribution is -2.27. The highest BCUT2D eigenvalue weighted by Crippen LogP contribution is 2.36. The van der Waals surface area contributed by atoms with Gasteiger partial charge in [0.2, 0.25) is 0 Å². The molecule has 1 N–H and O–H groups in total. The zero-order valence-electron chi connectivity index (χ0n) is 13.3. The van der Waals surface area contributed by atoms with E-state index in [1.807, 2.05) is 36.4 Å². The summed E-state index contributed by atoms with van der Waals surface area (Å²) in [6, 6.07) is 14.6. The highest BCUT2D eigenvalue weighted by Gasteiger charge is 2.33. The van der Waals surface area contributed by atoms with E-state index < -0.39 is 0 Å². The third kappa shape index (κ3) is 3.00. The lowest BCUT2D eigenvalue weighted by atomic mass is 10.2. The van der Waals surface area contributed by atoms with E-state index in [9.17, 15) is 4.79 Å². The van der Waals surface area contributed by atoms with Crippen LogP contribution in [0.1, 0.15) is 5.56 Å². The number of hydrogen-bond acceptors (Lipinski definition) is 5. The molecular weight excluding hydrogens is 324 g/mol. The van der Waals surface area contributed by atoms with Crippen LogP contribution in [0.3, 0.4) is 0 Å². The Morgan fingerprint density at radius 1 is 1.04 bits per heavy atom. The van der Waals surface area contributed by atoms with E-state index >= 15 is 0 Å². The second-order valence-electron chi connectivity index (χ2n) is 5.01. The molecule has 122 valence electrons. The minimum Gasteiger partial charge on any atom is -0.493 e. The Labute approximate surface area is 144 Å². The number of carbonyl (C=O) groups is 1. The fourth-order valence-corrected chi connectivity index (χ4v) is 3.25. The number of amides is 1. The Kier molecular flexibility index (Phi) is 4.57. The van der Waals surface area contributed by atoms with Crippen molar-refractivity contribution in [2.24, 2.45) is 0 Å². The Hall–Kier alpha value is -2.73. The number of carbonyl (C=O) groups excluding carboxylic acids is 1. The number of methoxy groups -OCH3 is 2. The number of benzene rings is 2. The minimum absolute atomic E-state index is 0.193. The Bertz CT molecular complexity index is 818. The van der Waals surface area contributed by atoms with Crippen molar-refractivity contribution < 1.29 is 14.3 Å². The lowest BCUT2D eigenvalue weighted by molar-refractivity contribution is -0.113. The molecule has 2 aromatic carbocycles. The smallest absolute Gasteiger partial charge is 0.271 e. The van der Waals surface area contributed by atoms with E-state index in [4.69, 9.17) is 14.9 Å². The van der Waals surface area contributed by atoms with Crippen LogP contribution in [0.25, 0.3) is 6.08 Å². The number of para-hydroxylation sites is 1. The number of hydrogen-bond donors (Lipinski definition) is 1. The largest absolute Gasteiger partial charge is 0.493 e. The third-order valence-electron chi connectivity index (χ3n) is 3.54. The number of amidine groups is 1. The van der Waals surface area contributed by atoms with Gasteiger partial charge in [-0.1, -0.05) is 24.3 Å². The number of rotatable bonds is 4. The predicted molar refractivity (Wildman–Crippen MR) is 96.8 cm³/mol. The summed E-state index contributed by atoms with van der Waals surface area (Å²) in [5.41, 5.74) is 1.50. The number of nitrogens with one attached hydrogen (secondary N) is 1. The predicted octanol–water partition coefficient (Wildman–Crippen LogP) is 3.76. The van der Waals surface area contributed by atoms with Gasteiger partial charge in [0, 0.05) is 0 Å². The summed E-state index contributed by atoms with van der Waals surface area (Å²) >= 11 is 1.14. The molecule has 6 heteroatoms. The maximum absolute atomic E-state index is 12.6. The molecule has 0 radical (unpaired) electrons. The van der Waals surface area contributed by atoms with E-state index in [2.05, 4.69) is 0 Å². The van der Waals surface area contributed by atoms with Crippen molar-refractivity contribution in [1.82, 2.24) is 0 Å². The van der Waals surface area contributed by atoms with Crippen molar-refractivity contribution in [3.05, 3.63) is 59.0 Å². The van der Waals surface area contributed by atoms with Gasteiger partial charge in [-0.3, -0.25) is 15.1 Å². The van der Waals surface area contributed by atoms with Crippen molar-refractivity contribution in [3.8, 4) is 11.5 Å². The average molecular weight is 340 g/mol. The van der Waals surface area contributed by atoms with Crippen molar-refractivity contribution in [2.45, 2.75) is 0 Å². The summed E-state index contributed by atoms with van der Waals surface area (Å²) in [5, 5.41) is 8.29. The summed E-state index contributed by atoms with van der Waals surface area (Å²) in [7, 11) is 3.14. The lowest BCUT2D eigenvalue weighted by Gasteiger charge is -2.13. The molecule has 24 heavy (non-hydrogen) atoms. The average Bonchev–Trinajstić information content (AvgIpc) is 2.89. The highest BCUT2D eigenvalue weighted by atomic mass is 32.2. The zero-order valence-corrected chi connectivity index (χ0v) is 14.1. The standard InChI is InChI=1S/C18H16N2O3S/c1-22-14-9-8-12(10-15(14)23-2)11-16-17(21)20(18(19)24-16)13-6-4-3-5-7-13/h3-11,19H,1-2H3/b16-11-,19-18?. The van der Waals surface area contributed by atoms with Gasteiger partial charge < -0.3 is 9.47 Å². The molecule has 0 atom stereocenters. The van der Waals surface area contributed by atoms with Gasteiger partial charge in [-0.15, -0.1) is 0 Å². The van der Waals surface area contributed by atoms with Gasteiger partial charge in [0.25, 0.3) is 5.91 Å². The fraction of sp³-hybridized carbons (Fsp3) is 0.111. The van der Waals surface area contributed by atoms with Gasteiger partial charge in [0.05, 0.1) is 24.8 Å². The van der Waals surface area contributed by atoms with Crippen LogP contribution in [-0.4, -0.2) is 25.3 Å². The summed E-state index contributed by atoms with van der Waals surface area (Å²) in [6.07, 6.45) is 1.76. The Morgan fingerprint density at radius 3 is 2.42 bits per heavy atom. The van der Waals surface area contributed by atoms with Crippen molar-refractivity contribution in [2.75, 3.05) is 19.1 Å². The molecule has 5 nitrogen and oxygen atoms in total. The number of ether oxygens (including phenoxy) is 2. The van der Waals surface area contributed by atoms with Crippen LogP contribution >= 0.6 is 11.8 Å². The normalized spacial score (nSPS) is 15.9. The van der Waals surface area contributed by atoms with Crippen molar-refractivity contribution in [3.63, 3.8) is 0 Å². The van der Waals surface area contributed by atoms with Crippen LogP contribution in [0.15, 0.2) is 53.4 Å². The first-order valence-corrected chi connectivity index (χ1v) is 8.05. The first-order chi connectivity index (χ1) is 11.6. The summed E-state index contributed by atoms with van der Waals surface area (Å²) < 4.78 is 10.5. The maximum Gasteiger partial charge on any atom is 0.271 e. The van der Waals surface area contributed by atoms with Gasteiger partial charge in [-0.05, 0) is 47.7 Å². The molecule has 0 unspecified atom stereocenters. The first-order valence-electron chi connectivity index (χ1n) is 7.23. The molecule has 0 aliphatic carbocycles. The molecule has 1 aliphatic heterocycles. The van der Waals surface area contributed by atoms with E-state index in [1.165, 1.54) is 4.90 Å². The summed E-state index contributed by atoms with van der Waals surface area (Å²) in [5.74, 6) is 1.02. The second-order valence-corrected chi connectivity index (χ2v) is 6.04. The van der Waals surface area contributed by atoms with Crippen molar-refractivity contribution >= 4 is 34.6 Å². The van der Waals surface area contributed by atoms with Crippen LogP contribution in [0.5, 0.6) is 11.5 Å². The quantitative estimate of drug-likeness (QED) is 0.861. The molecule has 0 aromatic heterocycles. The van der Waals surface area contributed by atoms with Crippen molar-refractivity contribution in [1.29, 1.82) is 5.41 Å². The third-order valence-corrected chi connectivity index (χ3v) is 4.43. The van der Waals surface area contributed by atoms with Gasteiger partial charge in [-0.2, -0.15) is 0 Å². The van der Waals surface area contributed by atoms with Gasteiger partial charge >= 0.3 is 0 Å². The van der Waals surface area contributed by atoms with E-state index in [0.717, 1.165) is 17.3 Å². The second kappa shape index (κ2) is 6.80. The minimum atomic E-state index is -0.203.